The van der Waals surface area contributed by atoms with Crippen LogP contribution in [0.5, 0.6) is 0 Å². The maximum absolute atomic E-state index is 12.5. The second-order valence-corrected chi connectivity index (χ2v) is 8.53. The fourth-order valence-corrected chi connectivity index (χ4v) is 3.71. The van der Waals surface area contributed by atoms with Gasteiger partial charge in [0.2, 0.25) is 15.9 Å². The summed E-state index contributed by atoms with van der Waals surface area (Å²) < 4.78 is 35.8. The van der Waals surface area contributed by atoms with Gasteiger partial charge in [-0.3, -0.25) is 13.9 Å². The van der Waals surface area contributed by atoms with Gasteiger partial charge in [-0.25, -0.2) is 8.42 Å². The number of carbonyl (C=O) groups is 2. The van der Waals surface area contributed by atoms with E-state index in [0.29, 0.717) is 63.7 Å². The molecule has 10 heteroatoms. The van der Waals surface area contributed by atoms with Gasteiger partial charge >= 0.3 is 0 Å². The van der Waals surface area contributed by atoms with E-state index < -0.39 is 15.9 Å². The highest BCUT2D eigenvalue weighted by Gasteiger charge is 2.22. The lowest BCUT2D eigenvalue weighted by atomic mass is 10.1. The molecule has 0 radical (unpaired) electrons. The summed E-state index contributed by atoms with van der Waals surface area (Å²) in [5.41, 5.74) is 0.792. The number of nitrogens with zero attached hydrogens (tertiary/aromatic N) is 2. The van der Waals surface area contributed by atoms with Gasteiger partial charge in [-0.05, 0) is 37.6 Å². The molecule has 0 bridgehead atoms. The highest BCUT2D eigenvalue weighted by Crippen LogP contribution is 2.19. The fourth-order valence-electron chi connectivity index (χ4n) is 2.85. The summed E-state index contributed by atoms with van der Waals surface area (Å²) in [4.78, 5) is 26.4. The average Bonchev–Trinajstić information content (AvgIpc) is 2.71. The zero-order chi connectivity index (χ0) is 21.3. The minimum atomic E-state index is -3.67. The Labute approximate surface area is 172 Å². The van der Waals surface area contributed by atoms with Gasteiger partial charge in [0.15, 0.2) is 0 Å². The molecule has 1 aromatic rings. The van der Waals surface area contributed by atoms with E-state index in [-0.39, 0.29) is 12.5 Å². The lowest BCUT2D eigenvalue weighted by Gasteiger charge is -2.27. The van der Waals surface area contributed by atoms with Gasteiger partial charge in [-0.1, -0.05) is 0 Å². The molecule has 2 rings (SSSR count). The van der Waals surface area contributed by atoms with Crippen LogP contribution in [0, 0.1) is 0 Å². The molecule has 1 fully saturated rings. The Morgan fingerprint density at radius 3 is 2.45 bits per heavy atom. The largest absolute Gasteiger partial charge is 0.382 e. The van der Waals surface area contributed by atoms with Crippen LogP contribution in [0.1, 0.15) is 23.7 Å². The molecule has 0 aliphatic carbocycles. The molecule has 1 aliphatic rings. The van der Waals surface area contributed by atoms with Crippen LogP contribution in [0.15, 0.2) is 24.3 Å². The number of rotatable bonds is 10. The Morgan fingerprint density at radius 1 is 1.21 bits per heavy atom. The number of sulfonamides is 1. The third-order valence-electron chi connectivity index (χ3n) is 4.38. The number of amides is 2. The molecule has 1 heterocycles. The smallest absolute Gasteiger partial charge is 0.254 e. The van der Waals surface area contributed by atoms with Crippen molar-refractivity contribution in [3.63, 3.8) is 0 Å². The number of hydrogen-bond acceptors (Lipinski definition) is 6. The quantitative estimate of drug-likeness (QED) is 0.544. The van der Waals surface area contributed by atoms with E-state index in [4.69, 9.17) is 9.47 Å². The van der Waals surface area contributed by atoms with Crippen LogP contribution in [0.2, 0.25) is 0 Å². The van der Waals surface area contributed by atoms with Gasteiger partial charge in [0, 0.05) is 38.4 Å². The summed E-state index contributed by atoms with van der Waals surface area (Å²) in [6.07, 6.45) is 1.69. The van der Waals surface area contributed by atoms with Crippen LogP contribution >= 0.6 is 0 Å². The molecule has 1 aromatic carbocycles. The number of ether oxygens (including phenoxy) is 2. The van der Waals surface area contributed by atoms with Gasteiger partial charge in [0.25, 0.3) is 5.91 Å². The Morgan fingerprint density at radius 2 is 1.86 bits per heavy atom. The molecule has 0 spiro atoms. The van der Waals surface area contributed by atoms with Gasteiger partial charge in [0.05, 0.1) is 25.2 Å². The summed E-state index contributed by atoms with van der Waals surface area (Å²) in [5, 5.41) is 2.69. The van der Waals surface area contributed by atoms with E-state index in [1.807, 2.05) is 6.92 Å². The summed E-state index contributed by atoms with van der Waals surface area (Å²) in [7, 11) is -3.67. The van der Waals surface area contributed by atoms with Crippen molar-refractivity contribution in [1.82, 2.24) is 10.2 Å². The van der Waals surface area contributed by atoms with Crippen LogP contribution in [0.4, 0.5) is 5.69 Å². The number of nitrogens with one attached hydrogen (secondary N) is 1. The molecule has 2 amide bonds. The summed E-state index contributed by atoms with van der Waals surface area (Å²) in [5.74, 6) is -0.529. The molecule has 0 saturated carbocycles. The SMILES string of the molecule is CCOCCCNC(=O)CN(c1ccc(C(=O)N2CCOCC2)cc1)S(C)(=O)=O. The van der Waals surface area contributed by atoms with E-state index in [1.54, 1.807) is 17.0 Å². The van der Waals surface area contributed by atoms with Gasteiger partial charge < -0.3 is 19.7 Å². The van der Waals surface area contributed by atoms with Crippen LogP contribution in [-0.4, -0.2) is 84.0 Å². The molecule has 0 atom stereocenters. The zero-order valence-corrected chi connectivity index (χ0v) is 17.7. The minimum absolute atomic E-state index is 0.127. The Bertz CT molecular complexity index is 776. The fraction of sp³-hybridized carbons (Fsp3) is 0.579. The average molecular weight is 428 g/mol. The second-order valence-electron chi connectivity index (χ2n) is 6.62. The van der Waals surface area contributed by atoms with E-state index >= 15 is 0 Å². The standard InChI is InChI=1S/C19H29N3O6S/c1-3-27-12-4-9-20-18(23)15-22(29(2,25)26)17-7-5-16(6-8-17)19(24)21-10-13-28-14-11-21/h5-8H,3-4,9-15H2,1-2H3,(H,20,23). The van der Waals surface area contributed by atoms with Crippen LogP contribution in [-0.2, 0) is 24.3 Å². The lowest BCUT2D eigenvalue weighted by molar-refractivity contribution is -0.119. The number of carbonyl (C=O) groups excluding carboxylic acids is 2. The first kappa shape index (κ1) is 23.1. The Kier molecular flexibility index (Phi) is 8.87. The topological polar surface area (TPSA) is 105 Å². The molecule has 9 nitrogen and oxygen atoms in total. The van der Waals surface area contributed by atoms with Crippen LogP contribution < -0.4 is 9.62 Å². The molecule has 1 N–H and O–H groups in total. The predicted molar refractivity (Wildman–Crippen MR) is 109 cm³/mol. The van der Waals surface area contributed by atoms with E-state index in [1.165, 1.54) is 12.1 Å². The van der Waals surface area contributed by atoms with Crippen molar-refractivity contribution >= 4 is 27.5 Å². The maximum atomic E-state index is 12.5. The lowest BCUT2D eigenvalue weighted by Crippen LogP contribution is -2.41. The Hall–Kier alpha value is -2.17. The molecule has 1 aliphatic heterocycles. The van der Waals surface area contributed by atoms with E-state index in [9.17, 15) is 18.0 Å². The molecular formula is C19H29N3O6S. The number of anilines is 1. The predicted octanol–water partition coefficient (Wildman–Crippen LogP) is 0.468. The molecule has 1 saturated heterocycles. The molecule has 0 aromatic heterocycles. The number of benzene rings is 1. The van der Waals surface area contributed by atoms with Gasteiger partial charge in [-0.15, -0.1) is 0 Å². The molecule has 29 heavy (non-hydrogen) atoms. The monoisotopic (exact) mass is 427 g/mol. The molecule has 0 unspecified atom stereocenters. The third-order valence-corrected chi connectivity index (χ3v) is 5.52. The van der Waals surface area contributed by atoms with E-state index in [0.717, 1.165) is 10.6 Å². The second kappa shape index (κ2) is 11.1. The van der Waals surface area contributed by atoms with Crippen molar-refractivity contribution < 1.29 is 27.5 Å². The molecule has 162 valence electrons. The van der Waals surface area contributed by atoms with Crippen molar-refractivity contribution in [3.05, 3.63) is 29.8 Å². The van der Waals surface area contributed by atoms with Crippen molar-refractivity contribution in [1.29, 1.82) is 0 Å². The highest BCUT2D eigenvalue weighted by molar-refractivity contribution is 7.92. The van der Waals surface area contributed by atoms with Crippen molar-refractivity contribution in [3.8, 4) is 0 Å². The minimum Gasteiger partial charge on any atom is -0.382 e. The first-order valence-electron chi connectivity index (χ1n) is 9.62. The number of hydrogen-bond donors (Lipinski definition) is 1. The van der Waals surface area contributed by atoms with Crippen molar-refractivity contribution in [2.45, 2.75) is 13.3 Å². The molecular weight excluding hydrogens is 398 g/mol. The van der Waals surface area contributed by atoms with Gasteiger partial charge in [-0.2, -0.15) is 0 Å². The highest BCUT2D eigenvalue weighted by atomic mass is 32.2. The first-order chi connectivity index (χ1) is 13.8. The third kappa shape index (κ3) is 7.30. The normalized spacial score (nSPS) is 14.5. The van der Waals surface area contributed by atoms with Crippen molar-refractivity contribution in [2.24, 2.45) is 0 Å². The summed E-state index contributed by atoms with van der Waals surface area (Å²) >= 11 is 0. The van der Waals surface area contributed by atoms with Crippen LogP contribution in [0.3, 0.4) is 0 Å². The van der Waals surface area contributed by atoms with Crippen molar-refractivity contribution in [2.75, 3.05) is 63.2 Å². The maximum Gasteiger partial charge on any atom is 0.254 e. The van der Waals surface area contributed by atoms with Gasteiger partial charge in [0.1, 0.15) is 6.54 Å². The first-order valence-corrected chi connectivity index (χ1v) is 11.5. The summed E-state index contributed by atoms with van der Waals surface area (Å²) in [6, 6.07) is 6.23. The number of morpholine rings is 1. The van der Waals surface area contributed by atoms with E-state index in [2.05, 4.69) is 5.32 Å². The zero-order valence-electron chi connectivity index (χ0n) is 16.9. The Balaban J connectivity index is 2.01. The summed E-state index contributed by atoms with van der Waals surface area (Å²) in [6.45, 7) is 5.18. The van der Waals surface area contributed by atoms with Crippen LogP contribution in [0.25, 0.3) is 0 Å².